The van der Waals surface area contributed by atoms with E-state index in [0.29, 0.717) is 13.0 Å². The lowest BCUT2D eigenvalue weighted by atomic mass is 9.85. The lowest BCUT2D eigenvalue weighted by molar-refractivity contribution is -0.123. The van der Waals surface area contributed by atoms with Crippen LogP contribution in [0.15, 0.2) is 0 Å². The van der Waals surface area contributed by atoms with Gasteiger partial charge < -0.3 is 15.8 Å². The highest BCUT2D eigenvalue weighted by Gasteiger charge is 2.24. The van der Waals surface area contributed by atoms with Crippen molar-refractivity contribution < 1.29 is 9.53 Å². The number of nitrogens with two attached hydrogens (primary N) is 1. The van der Waals surface area contributed by atoms with Crippen molar-refractivity contribution in [2.45, 2.75) is 59.0 Å². The number of carbonyl (C=O) groups excluding carboxylic acids is 1. The molecule has 0 aromatic rings. The molecule has 0 aliphatic rings. The quantitative estimate of drug-likeness (QED) is 0.716. The fraction of sp³-hybridized carbons (Fsp3) is 0.923. The molecule has 0 saturated carbocycles. The first-order chi connectivity index (χ1) is 7.81. The third-order valence-electron chi connectivity index (χ3n) is 2.89. The van der Waals surface area contributed by atoms with E-state index in [9.17, 15) is 4.79 Å². The fourth-order valence-corrected chi connectivity index (χ4v) is 1.54. The average Bonchev–Trinajstić information content (AvgIpc) is 2.16. The number of methoxy groups -OCH3 is 1. The molecule has 0 bridgehead atoms. The summed E-state index contributed by atoms with van der Waals surface area (Å²) in [4.78, 5) is 11.8. The van der Waals surface area contributed by atoms with E-state index >= 15 is 0 Å². The number of rotatable bonds is 7. The maximum absolute atomic E-state index is 11.8. The van der Waals surface area contributed by atoms with Crippen LogP contribution in [0.2, 0.25) is 0 Å². The van der Waals surface area contributed by atoms with E-state index in [-0.39, 0.29) is 23.4 Å². The van der Waals surface area contributed by atoms with Crippen LogP contribution < -0.4 is 11.1 Å². The zero-order valence-electron chi connectivity index (χ0n) is 11.9. The summed E-state index contributed by atoms with van der Waals surface area (Å²) in [5.41, 5.74) is 5.94. The summed E-state index contributed by atoms with van der Waals surface area (Å²) >= 11 is 0. The molecule has 102 valence electrons. The van der Waals surface area contributed by atoms with E-state index in [1.807, 2.05) is 20.8 Å². The van der Waals surface area contributed by atoms with Crippen molar-refractivity contribution in [3.05, 3.63) is 0 Å². The van der Waals surface area contributed by atoms with Gasteiger partial charge in [-0.15, -0.1) is 0 Å². The average molecular weight is 244 g/mol. The van der Waals surface area contributed by atoms with Crippen LogP contribution >= 0.6 is 0 Å². The molecular formula is C13H28N2O2. The first-order valence-electron chi connectivity index (χ1n) is 6.35. The number of ether oxygens (including phenoxy) is 1. The molecule has 0 spiro atoms. The van der Waals surface area contributed by atoms with E-state index in [4.69, 9.17) is 10.5 Å². The SMILES string of the molecule is CCCC(COC)NC(=O)CC(N)C(C)(C)C. The van der Waals surface area contributed by atoms with Crippen LogP contribution in [0.3, 0.4) is 0 Å². The third-order valence-corrected chi connectivity index (χ3v) is 2.89. The van der Waals surface area contributed by atoms with Gasteiger partial charge in [0.15, 0.2) is 0 Å². The van der Waals surface area contributed by atoms with Crippen molar-refractivity contribution in [3.63, 3.8) is 0 Å². The Morgan fingerprint density at radius 1 is 1.41 bits per heavy atom. The summed E-state index contributed by atoms with van der Waals surface area (Å²) in [6.07, 6.45) is 2.33. The van der Waals surface area contributed by atoms with Crippen molar-refractivity contribution in [2.24, 2.45) is 11.1 Å². The van der Waals surface area contributed by atoms with E-state index < -0.39 is 0 Å². The minimum Gasteiger partial charge on any atom is -0.383 e. The molecule has 17 heavy (non-hydrogen) atoms. The second-order valence-corrected chi connectivity index (χ2v) is 5.69. The van der Waals surface area contributed by atoms with Crippen LogP contribution in [-0.4, -0.2) is 31.7 Å². The summed E-state index contributed by atoms with van der Waals surface area (Å²) in [5, 5.41) is 2.98. The van der Waals surface area contributed by atoms with Crippen molar-refractivity contribution >= 4 is 5.91 Å². The van der Waals surface area contributed by atoms with Crippen LogP contribution in [0.5, 0.6) is 0 Å². The van der Waals surface area contributed by atoms with Gasteiger partial charge in [-0.3, -0.25) is 4.79 Å². The molecule has 2 unspecified atom stereocenters. The lowest BCUT2D eigenvalue weighted by Gasteiger charge is -2.27. The molecule has 3 N–H and O–H groups in total. The van der Waals surface area contributed by atoms with Crippen LogP contribution in [0.1, 0.15) is 47.0 Å². The van der Waals surface area contributed by atoms with Crippen molar-refractivity contribution in [1.82, 2.24) is 5.32 Å². The van der Waals surface area contributed by atoms with Gasteiger partial charge in [0, 0.05) is 19.6 Å². The van der Waals surface area contributed by atoms with Gasteiger partial charge in [0.25, 0.3) is 0 Å². The summed E-state index contributed by atoms with van der Waals surface area (Å²) in [7, 11) is 1.65. The highest BCUT2D eigenvalue weighted by atomic mass is 16.5. The zero-order valence-corrected chi connectivity index (χ0v) is 11.9. The van der Waals surface area contributed by atoms with E-state index in [1.165, 1.54) is 0 Å². The van der Waals surface area contributed by atoms with Gasteiger partial charge in [-0.25, -0.2) is 0 Å². The molecule has 0 radical (unpaired) electrons. The largest absolute Gasteiger partial charge is 0.383 e. The minimum absolute atomic E-state index is 0.0166. The van der Waals surface area contributed by atoms with Crippen LogP contribution in [0.25, 0.3) is 0 Å². The molecule has 0 saturated heterocycles. The number of amides is 1. The highest BCUT2D eigenvalue weighted by Crippen LogP contribution is 2.19. The maximum Gasteiger partial charge on any atom is 0.221 e. The molecule has 0 aliphatic heterocycles. The van der Waals surface area contributed by atoms with Gasteiger partial charge in [0.05, 0.1) is 12.6 Å². The molecule has 0 aliphatic carbocycles. The number of hydrogen-bond donors (Lipinski definition) is 2. The van der Waals surface area contributed by atoms with Crippen molar-refractivity contribution in [3.8, 4) is 0 Å². The van der Waals surface area contributed by atoms with Gasteiger partial charge in [0.2, 0.25) is 5.91 Å². The topological polar surface area (TPSA) is 64.3 Å². The van der Waals surface area contributed by atoms with Gasteiger partial charge in [0.1, 0.15) is 0 Å². The van der Waals surface area contributed by atoms with Crippen molar-refractivity contribution in [2.75, 3.05) is 13.7 Å². The Bertz CT molecular complexity index is 218. The minimum atomic E-state index is -0.118. The first kappa shape index (κ1) is 16.4. The Hall–Kier alpha value is -0.610. The standard InChI is InChI=1S/C13H28N2O2/c1-6-7-10(9-17-5)15-12(16)8-11(14)13(2,3)4/h10-11H,6-9,14H2,1-5H3,(H,15,16). The Morgan fingerprint density at radius 2 is 2.00 bits per heavy atom. The number of hydrogen-bond acceptors (Lipinski definition) is 3. The molecule has 0 aromatic heterocycles. The maximum atomic E-state index is 11.8. The van der Waals surface area contributed by atoms with Gasteiger partial charge in [-0.05, 0) is 11.8 Å². The second kappa shape index (κ2) is 7.67. The summed E-state index contributed by atoms with van der Waals surface area (Å²) in [6, 6.07) is -0.0167. The molecule has 0 fully saturated rings. The fourth-order valence-electron chi connectivity index (χ4n) is 1.54. The van der Waals surface area contributed by atoms with Crippen molar-refractivity contribution in [1.29, 1.82) is 0 Å². The second-order valence-electron chi connectivity index (χ2n) is 5.69. The molecular weight excluding hydrogens is 216 g/mol. The normalized spacial score (nSPS) is 15.4. The molecule has 2 atom stereocenters. The first-order valence-corrected chi connectivity index (χ1v) is 6.35. The zero-order chi connectivity index (χ0) is 13.5. The Balaban J connectivity index is 4.14. The van der Waals surface area contributed by atoms with Crippen LogP contribution in [0.4, 0.5) is 0 Å². The molecule has 4 nitrogen and oxygen atoms in total. The summed E-state index contributed by atoms with van der Waals surface area (Å²) in [5.74, 6) is 0.0166. The predicted octanol–water partition coefficient (Wildman–Crippen LogP) is 1.68. The highest BCUT2D eigenvalue weighted by molar-refractivity contribution is 5.77. The smallest absolute Gasteiger partial charge is 0.221 e. The monoisotopic (exact) mass is 244 g/mol. The Morgan fingerprint density at radius 3 is 2.41 bits per heavy atom. The third kappa shape index (κ3) is 7.34. The number of nitrogens with one attached hydrogen (secondary N) is 1. The Labute approximate surface area is 105 Å². The number of carbonyl (C=O) groups is 1. The Kier molecular flexibility index (Phi) is 7.39. The van der Waals surface area contributed by atoms with E-state index in [0.717, 1.165) is 12.8 Å². The van der Waals surface area contributed by atoms with Gasteiger partial charge >= 0.3 is 0 Å². The summed E-state index contributed by atoms with van der Waals surface area (Å²) < 4.78 is 5.08. The predicted molar refractivity (Wildman–Crippen MR) is 70.8 cm³/mol. The molecule has 0 rings (SSSR count). The van der Waals surface area contributed by atoms with Gasteiger partial charge in [-0.2, -0.15) is 0 Å². The molecule has 1 amide bonds. The molecule has 0 heterocycles. The van der Waals surface area contributed by atoms with Crippen LogP contribution in [-0.2, 0) is 9.53 Å². The molecule has 0 aromatic carbocycles. The van der Waals surface area contributed by atoms with E-state index in [1.54, 1.807) is 7.11 Å². The molecule has 4 heteroatoms. The van der Waals surface area contributed by atoms with Gasteiger partial charge in [-0.1, -0.05) is 34.1 Å². The summed E-state index contributed by atoms with van der Waals surface area (Å²) in [6.45, 7) is 8.79. The lowest BCUT2D eigenvalue weighted by Crippen LogP contribution is -2.44. The van der Waals surface area contributed by atoms with Crippen LogP contribution in [0, 0.1) is 5.41 Å². The van der Waals surface area contributed by atoms with E-state index in [2.05, 4.69) is 12.2 Å².